The summed E-state index contributed by atoms with van der Waals surface area (Å²) in [5, 5.41) is 6.32. The average Bonchev–Trinajstić information content (AvgIpc) is 2.08. The summed E-state index contributed by atoms with van der Waals surface area (Å²) < 4.78 is 5.27. The highest BCUT2D eigenvalue weighted by Crippen LogP contribution is 2.17. The summed E-state index contributed by atoms with van der Waals surface area (Å²) in [7, 11) is 0. The van der Waals surface area contributed by atoms with Crippen molar-refractivity contribution in [2.24, 2.45) is 11.8 Å². The Labute approximate surface area is 98.1 Å². The van der Waals surface area contributed by atoms with E-state index >= 15 is 0 Å². The van der Waals surface area contributed by atoms with Gasteiger partial charge in [-0.3, -0.25) is 0 Å². The topological polar surface area (TPSA) is 50.4 Å². The molecule has 0 saturated carbocycles. The Hall–Kier alpha value is -0.770. The summed E-state index contributed by atoms with van der Waals surface area (Å²) in [6.07, 6.45) is -0.307. The van der Waals surface area contributed by atoms with Crippen molar-refractivity contribution in [3.8, 4) is 0 Å². The summed E-state index contributed by atoms with van der Waals surface area (Å²) >= 11 is 0. The lowest BCUT2D eigenvalue weighted by atomic mass is 9.87. The second-order valence-electron chi connectivity index (χ2n) is 5.78. The lowest BCUT2D eigenvalue weighted by Crippen LogP contribution is -2.54. The van der Waals surface area contributed by atoms with Crippen molar-refractivity contribution in [3.63, 3.8) is 0 Å². The molecule has 16 heavy (non-hydrogen) atoms. The fourth-order valence-corrected chi connectivity index (χ4v) is 2.08. The van der Waals surface area contributed by atoms with Crippen LogP contribution in [0.4, 0.5) is 4.79 Å². The predicted molar refractivity (Wildman–Crippen MR) is 64.4 cm³/mol. The zero-order valence-electron chi connectivity index (χ0n) is 11.0. The van der Waals surface area contributed by atoms with Gasteiger partial charge in [-0.25, -0.2) is 4.79 Å². The molecular formula is C12H24N2O2. The van der Waals surface area contributed by atoms with E-state index in [4.69, 9.17) is 4.74 Å². The average molecular weight is 228 g/mol. The minimum absolute atomic E-state index is 0.205. The van der Waals surface area contributed by atoms with Crippen LogP contribution in [0.3, 0.4) is 0 Å². The number of carbonyl (C=O) groups is 1. The van der Waals surface area contributed by atoms with Crippen LogP contribution in [-0.4, -0.2) is 30.8 Å². The maximum absolute atomic E-state index is 11.7. The molecule has 3 atom stereocenters. The fourth-order valence-electron chi connectivity index (χ4n) is 2.08. The van der Waals surface area contributed by atoms with E-state index in [-0.39, 0.29) is 12.1 Å². The van der Waals surface area contributed by atoms with Gasteiger partial charge >= 0.3 is 6.09 Å². The molecular weight excluding hydrogens is 204 g/mol. The number of rotatable bonds is 1. The third kappa shape index (κ3) is 4.00. The molecule has 1 unspecified atom stereocenters. The number of ether oxygens (including phenoxy) is 1. The highest BCUT2D eigenvalue weighted by atomic mass is 16.6. The fraction of sp³-hybridized carbons (Fsp3) is 0.917. The van der Waals surface area contributed by atoms with E-state index < -0.39 is 5.60 Å². The highest BCUT2D eigenvalue weighted by molar-refractivity contribution is 5.68. The molecule has 4 nitrogen and oxygen atoms in total. The first-order valence-corrected chi connectivity index (χ1v) is 6.00. The Morgan fingerprint density at radius 2 is 1.75 bits per heavy atom. The number of alkyl carbamates (subject to hydrolysis) is 1. The molecule has 1 heterocycles. The molecule has 0 radical (unpaired) electrons. The number of nitrogens with one attached hydrogen (secondary N) is 2. The summed E-state index contributed by atoms with van der Waals surface area (Å²) in [6.45, 7) is 11.8. The molecule has 1 saturated heterocycles. The molecule has 1 aliphatic rings. The Bertz CT molecular complexity index is 238. The van der Waals surface area contributed by atoms with Crippen LogP contribution in [0.2, 0.25) is 0 Å². The van der Waals surface area contributed by atoms with Crippen LogP contribution in [0, 0.1) is 11.8 Å². The minimum atomic E-state index is -0.427. The monoisotopic (exact) mass is 228 g/mol. The van der Waals surface area contributed by atoms with E-state index in [1.54, 1.807) is 0 Å². The molecule has 1 rings (SSSR count). The molecule has 1 amide bonds. The van der Waals surface area contributed by atoms with Gasteiger partial charge < -0.3 is 15.4 Å². The van der Waals surface area contributed by atoms with Crippen LogP contribution in [0.1, 0.15) is 34.6 Å². The van der Waals surface area contributed by atoms with Gasteiger partial charge in [0.25, 0.3) is 0 Å². The summed E-state index contributed by atoms with van der Waals surface area (Å²) in [4.78, 5) is 11.7. The molecule has 0 aromatic heterocycles. The first-order valence-electron chi connectivity index (χ1n) is 6.00. The molecule has 0 spiro atoms. The van der Waals surface area contributed by atoms with Gasteiger partial charge in [0.2, 0.25) is 0 Å². The van der Waals surface area contributed by atoms with E-state index in [9.17, 15) is 4.79 Å². The van der Waals surface area contributed by atoms with Crippen LogP contribution in [0.15, 0.2) is 0 Å². The van der Waals surface area contributed by atoms with Gasteiger partial charge in [-0.05, 0) is 45.7 Å². The van der Waals surface area contributed by atoms with Gasteiger partial charge in [-0.1, -0.05) is 13.8 Å². The zero-order valence-corrected chi connectivity index (χ0v) is 11.0. The molecule has 2 N–H and O–H groups in total. The number of hydrogen-bond donors (Lipinski definition) is 2. The summed E-state index contributed by atoms with van der Waals surface area (Å²) in [5.74, 6) is 0.882. The maximum atomic E-state index is 11.7. The van der Waals surface area contributed by atoms with E-state index in [0.29, 0.717) is 11.8 Å². The number of carbonyl (C=O) groups excluding carboxylic acids is 1. The van der Waals surface area contributed by atoms with Gasteiger partial charge in [0.05, 0.1) is 0 Å². The first-order chi connectivity index (χ1) is 7.29. The zero-order chi connectivity index (χ0) is 12.3. The second-order valence-corrected chi connectivity index (χ2v) is 5.78. The summed E-state index contributed by atoms with van der Waals surface area (Å²) in [6, 6.07) is 0.205. The Morgan fingerprint density at radius 3 is 2.19 bits per heavy atom. The molecule has 0 aliphatic carbocycles. The lowest BCUT2D eigenvalue weighted by molar-refractivity contribution is 0.0451. The molecule has 0 aromatic carbocycles. The van der Waals surface area contributed by atoms with Crippen LogP contribution in [0.5, 0.6) is 0 Å². The van der Waals surface area contributed by atoms with Crippen molar-refractivity contribution in [1.82, 2.24) is 10.6 Å². The van der Waals surface area contributed by atoms with Crippen molar-refractivity contribution in [2.45, 2.75) is 46.3 Å². The molecule has 0 aromatic rings. The Morgan fingerprint density at radius 1 is 1.25 bits per heavy atom. The van der Waals surface area contributed by atoms with Crippen LogP contribution >= 0.6 is 0 Å². The Balaban J connectivity index is 2.48. The van der Waals surface area contributed by atoms with E-state index in [1.165, 1.54) is 0 Å². The van der Waals surface area contributed by atoms with Crippen LogP contribution in [-0.2, 0) is 4.74 Å². The summed E-state index contributed by atoms with van der Waals surface area (Å²) in [5.41, 5.74) is -0.427. The van der Waals surface area contributed by atoms with Crippen molar-refractivity contribution in [3.05, 3.63) is 0 Å². The van der Waals surface area contributed by atoms with Gasteiger partial charge in [0.15, 0.2) is 0 Å². The third-order valence-electron chi connectivity index (χ3n) is 2.84. The van der Waals surface area contributed by atoms with Crippen molar-refractivity contribution < 1.29 is 9.53 Å². The number of hydrogen-bond acceptors (Lipinski definition) is 3. The number of piperidine rings is 1. The van der Waals surface area contributed by atoms with Crippen molar-refractivity contribution in [2.75, 3.05) is 13.1 Å². The molecule has 94 valence electrons. The van der Waals surface area contributed by atoms with E-state index in [1.807, 2.05) is 20.8 Å². The SMILES string of the molecule is C[C@@H]1CNC[C@H](C)C1NC(=O)OC(C)(C)C. The van der Waals surface area contributed by atoms with Gasteiger partial charge in [0.1, 0.15) is 5.60 Å². The maximum Gasteiger partial charge on any atom is 0.407 e. The largest absolute Gasteiger partial charge is 0.444 e. The quantitative estimate of drug-likeness (QED) is 0.719. The number of amides is 1. The first kappa shape index (κ1) is 13.3. The third-order valence-corrected chi connectivity index (χ3v) is 2.84. The standard InChI is InChI=1S/C12H24N2O2/c1-8-6-13-7-9(2)10(8)14-11(15)16-12(3,4)5/h8-10,13H,6-7H2,1-5H3,(H,14,15)/t8-,9+,10?. The predicted octanol–water partition coefficient (Wildman–Crippen LogP) is 1.76. The minimum Gasteiger partial charge on any atom is -0.444 e. The normalized spacial score (nSPS) is 30.9. The second kappa shape index (κ2) is 5.04. The smallest absolute Gasteiger partial charge is 0.407 e. The Kier molecular flexibility index (Phi) is 4.19. The van der Waals surface area contributed by atoms with E-state index in [0.717, 1.165) is 13.1 Å². The van der Waals surface area contributed by atoms with Crippen LogP contribution < -0.4 is 10.6 Å². The molecule has 1 aliphatic heterocycles. The lowest BCUT2D eigenvalue weighted by Gasteiger charge is -2.36. The van der Waals surface area contributed by atoms with Crippen LogP contribution in [0.25, 0.3) is 0 Å². The van der Waals surface area contributed by atoms with Gasteiger partial charge in [0, 0.05) is 6.04 Å². The van der Waals surface area contributed by atoms with E-state index in [2.05, 4.69) is 24.5 Å². The highest BCUT2D eigenvalue weighted by Gasteiger charge is 2.30. The van der Waals surface area contributed by atoms with Crippen molar-refractivity contribution >= 4 is 6.09 Å². The molecule has 0 bridgehead atoms. The van der Waals surface area contributed by atoms with Gasteiger partial charge in [-0.15, -0.1) is 0 Å². The van der Waals surface area contributed by atoms with Crippen molar-refractivity contribution in [1.29, 1.82) is 0 Å². The molecule has 1 fully saturated rings. The molecule has 4 heteroatoms. The van der Waals surface area contributed by atoms with Gasteiger partial charge in [-0.2, -0.15) is 0 Å².